The summed E-state index contributed by atoms with van der Waals surface area (Å²) >= 11 is 0. The fourth-order valence-corrected chi connectivity index (χ4v) is 1.43. The van der Waals surface area contributed by atoms with Crippen molar-refractivity contribution in [3.8, 4) is 5.75 Å². The van der Waals surface area contributed by atoms with Gasteiger partial charge in [0.1, 0.15) is 5.75 Å². The van der Waals surface area contributed by atoms with Gasteiger partial charge in [0.15, 0.2) is 0 Å². The molecule has 0 amide bonds. The van der Waals surface area contributed by atoms with Crippen LogP contribution >= 0.6 is 0 Å². The molecule has 106 valence electrons. The summed E-state index contributed by atoms with van der Waals surface area (Å²) < 4.78 is 0. The van der Waals surface area contributed by atoms with Crippen LogP contribution in [0.15, 0.2) is 54.6 Å². The highest BCUT2D eigenvalue weighted by Gasteiger charge is 1.99. The van der Waals surface area contributed by atoms with E-state index in [-0.39, 0.29) is 11.3 Å². The zero-order valence-electron chi connectivity index (χ0n) is 11.4. The maximum absolute atomic E-state index is 10.2. The van der Waals surface area contributed by atoms with Crippen molar-refractivity contribution in [2.45, 2.75) is 13.3 Å². The van der Waals surface area contributed by atoms with Crippen LogP contribution in [0.2, 0.25) is 0 Å². The van der Waals surface area contributed by atoms with E-state index in [1.807, 2.05) is 18.2 Å². The van der Waals surface area contributed by atoms with Crippen LogP contribution in [0.3, 0.4) is 0 Å². The Hall–Kier alpha value is -2.49. The number of nitrogens with one attached hydrogen (secondary N) is 1. The highest BCUT2D eigenvalue weighted by molar-refractivity contribution is 5.87. The van der Waals surface area contributed by atoms with Gasteiger partial charge >= 0.3 is 5.97 Å². The number of phenols is 1. The number of carboxylic acids is 1. The predicted octanol–water partition coefficient (Wildman–Crippen LogP) is 3.60. The van der Waals surface area contributed by atoms with Gasteiger partial charge < -0.3 is 15.5 Å². The lowest BCUT2D eigenvalue weighted by atomic mass is 10.2. The molecule has 0 unspecified atom stereocenters. The molecule has 0 aliphatic carbocycles. The molecule has 0 aliphatic heterocycles. The van der Waals surface area contributed by atoms with Crippen molar-refractivity contribution in [3.63, 3.8) is 0 Å². The number of aromatic carboxylic acids is 1. The first-order valence-electron chi connectivity index (χ1n) is 6.44. The van der Waals surface area contributed by atoms with Gasteiger partial charge in [0.2, 0.25) is 0 Å². The summed E-state index contributed by atoms with van der Waals surface area (Å²) in [4.78, 5) is 10.2. The van der Waals surface area contributed by atoms with E-state index < -0.39 is 5.97 Å². The molecule has 0 bridgehead atoms. The third kappa shape index (κ3) is 5.91. The van der Waals surface area contributed by atoms with Gasteiger partial charge in [-0.1, -0.05) is 25.1 Å². The van der Waals surface area contributed by atoms with E-state index in [4.69, 9.17) is 10.2 Å². The molecule has 0 saturated carbocycles. The third-order valence-electron chi connectivity index (χ3n) is 2.47. The molecule has 0 atom stereocenters. The first-order chi connectivity index (χ1) is 9.63. The SMILES string of the molecule is CCCNc1ccccc1.O=C(O)c1ccc(O)cc1. The summed E-state index contributed by atoms with van der Waals surface area (Å²) in [7, 11) is 0. The van der Waals surface area contributed by atoms with Gasteiger partial charge in [-0.15, -0.1) is 0 Å². The number of anilines is 1. The van der Waals surface area contributed by atoms with Gasteiger partial charge in [-0.2, -0.15) is 0 Å². The number of carbonyl (C=O) groups is 1. The molecule has 0 spiro atoms. The van der Waals surface area contributed by atoms with E-state index in [9.17, 15) is 4.79 Å². The zero-order chi connectivity index (χ0) is 14.8. The standard InChI is InChI=1S/C9H13N.C7H6O3/c1-2-8-10-9-6-4-3-5-7-9;8-6-3-1-5(2-4-6)7(9)10/h3-7,10H,2,8H2,1H3;1-4,8H,(H,9,10). The van der Waals surface area contributed by atoms with Gasteiger partial charge in [-0.25, -0.2) is 4.79 Å². The van der Waals surface area contributed by atoms with Crippen LogP contribution in [0.25, 0.3) is 0 Å². The van der Waals surface area contributed by atoms with E-state index in [0.717, 1.165) is 6.54 Å². The van der Waals surface area contributed by atoms with Crippen LogP contribution in [-0.4, -0.2) is 22.7 Å². The van der Waals surface area contributed by atoms with E-state index in [1.165, 1.54) is 36.4 Å². The number of benzene rings is 2. The minimum atomic E-state index is -0.986. The van der Waals surface area contributed by atoms with E-state index in [2.05, 4.69) is 24.4 Å². The number of hydrogen-bond donors (Lipinski definition) is 3. The van der Waals surface area contributed by atoms with Crippen LogP contribution in [0.5, 0.6) is 5.75 Å². The largest absolute Gasteiger partial charge is 0.508 e. The Morgan fingerprint density at radius 1 is 1.05 bits per heavy atom. The molecule has 2 aromatic carbocycles. The van der Waals surface area contributed by atoms with Crippen LogP contribution < -0.4 is 5.32 Å². The Morgan fingerprint density at radius 2 is 1.65 bits per heavy atom. The number of rotatable bonds is 4. The highest BCUT2D eigenvalue weighted by Crippen LogP contribution is 2.08. The lowest BCUT2D eigenvalue weighted by Crippen LogP contribution is -1.98. The number of aromatic hydroxyl groups is 1. The molecule has 20 heavy (non-hydrogen) atoms. The fraction of sp³-hybridized carbons (Fsp3) is 0.188. The molecule has 4 heteroatoms. The van der Waals surface area contributed by atoms with Gasteiger partial charge in [0.05, 0.1) is 5.56 Å². The Balaban J connectivity index is 0.000000200. The van der Waals surface area contributed by atoms with Crippen LogP contribution in [-0.2, 0) is 0 Å². The molecule has 0 aliphatic rings. The van der Waals surface area contributed by atoms with Crippen molar-refractivity contribution in [2.75, 3.05) is 11.9 Å². The number of hydrogen-bond acceptors (Lipinski definition) is 3. The van der Waals surface area contributed by atoms with Gasteiger partial charge in [0.25, 0.3) is 0 Å². The van der Waals surface area contributed by atoms with Crippen LogP contribution in [0.4, 0.5) is 5.69 Å². The predicted molar refractivity (Wildman–Crippen MR) is 80.3 cm³/mol. The average Bonchev–Trinajstić information content (AvgIpc) is 2.47. The van der Waals surface area contributed by atoms with E-state index >= 15 is 0 Å². The first-order valence-corrected chi connectivity index (χ1v) is 6.44. The lowest BCUT2D eigenvalue weighted by Gasteiger charge is -2.01. The molecule has 4 nitrogen and oxygen atoms in total. The Kier molecular flexibility index (Phi) is 6.68. The molecule has 0 aromatic heterocycles. The third-order valence-corrected chi connectivity index (χ3v) is 2.47. The van der Waals surface area contributed by atoms with Crippen molar-refractivity contribution < 1.29 is 15.0 Å². The summed E-state index contributed by atoms with van der Waals surface area (Å²) in [5, 5.41) is 20.4. The molecular formula is C16H19NO3. The monoisotopic (exact) mass is 273 g/mol. The number of carboxylic acid groups (broad SMARTS) is 1. The Labute approximate surface area is 118 Å². The van der Waals surface area contributed by atoms with Crippen molar-refractivity contribution in [1.82, 2.24) is 0 Å². The molecule has 2 rings (SSSR count). The van der Waals surface area contributed by atoms with Crippen LogP contribution in [0.1, 0.15) is 23.7 Å². The van der Waals surface area contributed by atoms with Crippen molar-refractivity contribution in [1.29, 1.82) is 0 Å². The van der Waals surface area contributed by atoms with Crippen molar-refractivity contribution >= 4 is 11.7 Å². The molecule has 3 N–H and O–H groups in total. The zero-order valence-corrected chi connectivity index (χ0v) is 11.4. The van der Waals surface area contributed by atoms with Crippen molar-refractivity contribution in [2.24, 2.45) is 0 Å². The number of para-hydroxylation sites is 1. The molecule has 0 heterocycles. The topological polar surface area (TPSA) is 69.6 Å². The summed E-state index contributed by atoms with van der Waals surface area (Å²) in [5.74, 6) is -0.912. The number of phenolic OH excluding ortho intramolecular Hbond substituents is 1. The summed E-state index contributed by atoms with van der Waals surface area (Å²) in [6, 6.07) is 15.6. The summed E-state index contributed by atoms with van der Waals surface area (Å²) in [6.45, 7) is 3.22. The van der Waals surface area contributed by atoms with Gasteiger partial charge in [0, 0.05) is 12.2 Å². The first kappa shape index (κ1) is 15.6. The second-order valence-corrected chi connectivity index (χ2v) is 4.14. The second kappa shape index (κ2) is 8.58. The maximum Gasteiger partial charge on any atom is 0.335 e. The van der Waals surface area contributed by atoms with Gasteiger partial charge in [-0.3, -0.25) is 0 Å². The molecule has 0 radical (unpaired) electrons. The fourth-order valence-electron chi connectivity index (χ4n) is 1.43. The Bertz CT molecular complexity index is 509. The van der Waals surface area contributed by atoms with Crippen molar-refractivity contribution in [3.05, 3.63) is 60.2 Å². The highest BCUT2D eigenvalue weighted by atomic mass is 16.4. The molecule has 0 saturated heterocycles. The van der Waals surface area contributed by atoms with E-state index in [1.54, 1.807) is 0 Å². The smallest absolute Gasteiger partial charge is 0.335 e. The molecule has 0 fully saturated rings. The summed E-state index contributed by atoms with van der Waals surface area (Å²) in [6.07, 6.45) is 1.18. The van der Waals surface area contributed by atoms with Gasteiger partial charge in [-0.05, 0) is 42.8 Å². The Morgan fingerprint density at radius 3 is 2.15 bits per heavy atom. The maximum atomic E-state index is 10.2. The molecular weight excluding hydrogens is 254 g/mol. The summed E-state index contributed by atoms with van der Waals surface area (Å²) in [5.41, 5.74) is 1.39. The average molecular weight is 273 g/mol. The van der Waals surface area contributed by atoms with E-state index in [0.29, 0.717) is 0 Å². The minimum absolute atomic E-state index is 0.0741. The van der Waals surface area contributed by atoms with Crippen LogP contribution in [0, 0.1) is 0 Å². The lowest BCUT2D eigenvalue weighted by molar-refractivity contribution is 0.0697. The molecule has 2 aromatic rings. The second-order valence-electron chi connectivity index (χ2n) is 4.14. The minimum Gasteiger partial charge on any atom is -0.508 e. The quantitative estimate of drug-likeness (QED) is 0.796. The normalized spacial score (nSPS) is 9.25.